The Morgan fingerprint density at radius 2 is 2.26 bits per heavy atom. The number of nitrogens with one attached hydrogen (secondary N) is 1. The zero-order valence-electron chi connectivity index (χ0n) is 13.0. The standard InChI is InChI=1S/C17H19N5O/c1-20-8-9-22(12-15(20)16-18-5-6-19-16)17(23)13-10-14-4-2-3-7-21(14)11-13/h2-7,10-11,15H,8-9,12H2,1H3,(H,18,19). The molecule has 1 fully saturated rings. The van der Waals surface area contributed by atoms with E-state index in [2.05, 4.69) is 21.9 Å². The van der Waals surface area contributed by atoms with Gasteiger partial charge in [0.1, 0.15) is 5.82 Å². The third kappa shape index (κ3) is 2.51. The first-order valence-electron chi connectivity index (χ1n) is 7.78. The number of carbonyl (C=O) groups is 1. The first kappa shape index (κ1) is 14.0. The van der Waals surface area contributed by atoms with Crippen LogP contribution in [0.4, 0.5) is 0 Å². The predicted octanol–water partition coefficient (Wildman–Crippen LogP) is 1.79. The number of aromatic amines is 1. The minimum absolute atomic E-state index is 0.0818. The molecule has 0 saturated carbocycles. The van der Waals surface area contributed by atoms with Crippen LogP contribution in [-0.4, -0.2) is 56.8 Å². The van der Waals surface area contributed by atoms with E-state index in [0.29, 0.717) is 6.54 Å². The van der Waals surface area contributed by atoms with Gasteiger partial charge in [-0.15, -0.1) is 0 Å². The van der Waals surface area contributed by atoms with E-state index in [1.807, 2.05) is 52.2 Å². The second kappa shape index (κ2) is 5.55. The molecule has 1 N–H and O–H groups in total. The number of amides is 1. The predicted molar refractivity (Wildman–Crippen MR) is 87.3 cm³/mol. The first-order chi connectivity index (χ1) is 11.2. The van der Waals surface area contributed by atoms with Crippen molar-refractivity contribution in [2.45, 2.75) is 6.04 Å². The lowest BCUT2D eigenvalue weighted by Crippen LogP contribution is -2.49. The number of carbonyl (C=O) groups excluding carboxylic acids is 1. The summed E-state index contributed by atoms with van der Waals surface area (Å²) in [4.78, 5) is 24.5. The molecule has 0 aromatic carbocycles. The van der Waals surface area contributed by atoms with Crippen molar-refractivity contribution in [3.8, 4) is 0 Å². The second-order valence-electron chi connectivity index (χ2n) is 5.98. The summed E-state index contributed by atoms with van der Waals surface area (Å²) >= 11 is 0. The molecule has 4 rings (SSSR count). The molecule has 1 atom stereocenters. The Bertz CT molecular complexity index is 790. The van der Waals surface area contributed by atoms with Gasteiger partial charge >= 0.3 is 0 Å². The average Bonchev–Trinajstić information content (AvgIpc) is 3.24. The number of imidazole rings is 1. The van der Waals surface area contributed by atoms with Crippen LogP contribution in [0.5, 0.6) is 0 Å². The normalized spacial score (nSPS) is 19.3. The number of nitrogens with zero attached hydrogens (tertiary/aromatic N) is 4. The van der Waals surface area contributed by atoms with E-state index in [-0.39, 0.29) is 11.9 Å². The van der Waals surface area contributed by atoms with Crippen LogP contribution in [0.1, 0.15) is 22.2 Å². The van der Waals surface area contributed by atoms with Crippen LogP contribution in [0.15, 0.2) is 49.1 Å². The summed E-state index contributed by atoms with van der Waals surface area (Å²) in [7, 11) is 2.07. The summed E-state index contributed by atoms with van der Waals surface area (Å²) < 4.78 is 1.98. The fourth-order valence-corrected chi connectivity index (χ4v) is 3.17. The van der Waals surface area contributed by atoms with Gasteiger partial charge in [-0.3, -0.25) is 9.69 Å². The molecule has 1 saturated heterocycles. The monoisotopic (exact) mass is 309 g/mol. The number of fused-ring (bicyclic) bond motifs is 1. The van der Waals surface area contributed by atoms with Crippen LogP contribution in [0.3, 0.4) is 0 Å². The van der Waals surface area contributed by atoms with Crippen molar-refractivity contribution in [1.82, 2.24) is 24.2 Å². The topological polar surface area (TPSA) is 56.6 Å². The third-order valence-electron chi connectivity index (χ3n) is 4.52. The van der Waals surface area contributed by atoms with Gasteiger partial charge in [0, 0.05) is 49.9 Å². The number of hydrogen-bond donors (Lipinski definition) is 1. The molecule has 6 heteroatoms. The lowest BCUT2D eigenvalue weighted by Gasteiger charge is -2.38. The maximum Gasteiger partial charge on any atom is 0.255 e. The van der Waals surface area contributed by atoms with Crippen molar-refractivity contribution in [2.75, 3.05) is 26.7 Å². The molecule has 1 amide bonds. The highest BCUT2D eigenvalue weighted by Crippen LogP contribution is 2.23. The van der Waals surface area contributed by atoms with Gasteiger partial charge < -0.3 is 14.3 Å². The Morgan fingerprint density at radius 1 is 1.35 bits per heavy atom. The summed E-state index contributed by atoms with van der Waals surface area (Å²) in [5, 5.41) is 0. The van der Waals surface area contributed by atoms with Gasteiger partial charge in [-0.2, -0.15) is 0 Å². The Morgan fingerprint density at radius 3 is 3.04 bits per heavy atom. The van der Waals surface area contributed by atoms with Gasteiger partial charge in [0.05, 0.1) is 11.6 Å². The number of pyridine rings is 1. The maximum atomic E-state index is 12.9. The number of aromatic nitrogens is 3. The fraction of sp³-hybridized carbons (Fsp3) is 0.294. The van der Waals surface area contributed by atoms with E-state index in [1.165, 1.54) is 0 Å². The zero-order valence-corrected chi connectivity index (χ0v) is 13.0. The number of hydrogen-bond acceptors (Lipinski definition) is 3. The molecule has 3 aromatic rings. The highest BCUT2D eigenvalue weighted by atomic mass is 16.2. The van der Waals surface area contributed by atoms with Crippen molar-refractivity contribution in [2.24, 2.45) is 0 Å². The lowest BCUT2D eigenvalue weighted by atomic mass is 10.1. The van der Waals surface area contributed by atoms with Gasteiger partial charge in [-0.05, 0) is 25.2 Å². The SMILES string of the molecule is CN1CCN(C(=O)c2cc3ccccn3c2)CC1c1ncc[nH]1. The van der Waals surface area contributed by atoms with E-state index in [4.69, 9.17) is 0 Å². The highest BCUT2D eigenvalue weighted by molar-refractivity contribution is 5.95. The molecule has 3 aromatic heterocycles. The van der Waals surface area contributed by atoms with Crippen molar-refractivity contribution in [1.29, 1.82) is 0 Å². The van der Waals surface area contributed by atoms with E-state index >= 15 is 0 Å². The van der Waals surface area contributed by atoms with E-state index in [1.54, 1.807) is 6.20 Å². The lowest BCUT2D eigenvalue weighted by molar-refractivity contribution is 0.0534. The average molecular weight is 309 g/mol. The van der Waals surface area contributed by atoms with Crippen molar-refractivity contribution >= 4 is 11.4 Å². The van der Waals surface area contributed by atoms with E-state index in [9.17, 15) is 4.79 Å². The van der Waals surface area contributed by atoms with Gasteiger partial charge in [-0.25, -0.2) is 4.98 Å². The molecule has 118 valence electrons. The third-order valence-corrected chi connectivity index (χ3v) is 4.52. The molecule has 0 aliphatic carbocycles. The molecular formula is C17H19N5O. The van der Waals surface area contributed by atoms with E-state index < -0.39 is 0 Å². The number of likely N-dealkylation sites (N-methyl/N-ethyl adjacent to an activating group) is 1. The molecule has 0 bridgehead atoms. The zero-order chi connectivity index (χ0) is 15.8. The maximum absolute atomic E-state index is 12.9. The minimum atomic E-state index is 0.0818. The van der Waals surface area contributed by atoms with Gasteiger partial charge in [-0.1, -0.05) is 6.07 Å². The Balaban J connectivity index is 1.58. The summed E-state index contributed by atoms with van der Waals surface area (Å²) in [5.41, 5.74) is 1.77. The Kier molecular flexibility index (Phi) is 3.38. The van der Waals surface area contributed by atoms with Gasteiger partial charge in [0.25, 0.3) is 5.91 Å². The van der Waals surface area contributed by atoms with Crippen LogP contribution in [0.2, 0.25) is 0 Å². The second-order valence-corrected chi connectivity index (χ2v) is 5.98. The first-order valence-corrected chi connectivity index (χ1v) is 7.78. The number of H-pyrrole nitrogens is 1. The summed E-state index contributed by atoms with van der Waals surface area (Å²) in [6.45, 7) is 2.22. The number of rotatable bonds is 2. The van der Waals surface area contributed by atoms with Gasteiger partial charge in [0.15, 0.2) is 0 Å². The largest absolute Gasteiger partial charge is 0.347 e. The summed E-state index contributed by atoms with van der Waals surface area (Å²) in [6.07, 6.45) is 7.44. The summed E-state index contributed by atoms with van der Waals surface area (Å²) in [6, 6.07) is 8.01. The smallest absolute Gasteiger partial charge is 0.255 e. The molecule has 6 nitrogen and oxygen atoms in total. The van der Waals surface area contributed by atoms with Crippen LogP contribution < -0.4 is 0 Å². The van der Waals surface area contributed by atoms with Crippen molar-refractivity contribution in [3.63, 3.8) is 0 Å². The minimum Gasteiger partial charge on any atom is -0.347 e. The Hall–Kier alpha value is -2.60. The molecule has 0 radical (unpaired) electrons. The molecule has 1 aliphatic rings. The fourth-order valence-electron chi connectivity index (χ4n) is 3.17. The summed E-state index contributed by atoms with van der Waals surface area (Å²) in [5.74, 6) is 0.991. The van der Waals surface area contributed by atoms with Crippen molar-refractivity contribution in [3.05, 3.63) is 60.4 Å². The van der Waals surface area contributed by atoms with Crippen LogP contribution in [0.25, 0.3) is 5.52 Å². The molecule has 23 heavy (non-hydrogen) atoms. The molecule has 1 unspecified atom stereocenters. The van der Waals surface area contributed by atoms with Crippen LogP contribution in [-0.2, 0) is 0 Å². The quantitative estimate of drug-likeness (QED) is 0.785. The molecule has 1 aliphatic heterocycles. The Labute approximate surface area is 134 Å². The van der Waals surface area contributed by atoms with Crippen LogP contribution in [0, 0.1) is 0 Å². The van der Waals surface area contributed by atoms with Gasteiger partial charge in [0.2, 0.25) is 0 Å². The molecule has 4 heterocycles. The van der Waals surface area contributed by atoms with E-state index in [0.717, 1.165) is 30.0 Å². The van der Waals surface area contributed by atoms with Crippen LogP contribution >= 0.6 is 0 Å². The molecule has 0 spiro atoms. The number of piperazine rings is 1. The highest BCUT2D eigenvalue weighted by Gasteiger charge is 2.30. The van der Waals surface area contributed by atoms with Crippen molar-refractivity contribution < 1.29 is 4.79 Å². The molecular weight excluding hydrogens is 290 g/mol.